The van der Waals surface area contributed by atoms with Gasteiger partial charge >= 0.3 is 51.4 Å². The zero-order valence-electron chi connectivity index (χ0n) is 16.5. The van der Waals surface area contributed by atoms with Crippen LogP contribution in [0.1, 0.15) is 11.1 Å². The van der Waals surface area contributed by atoms with Gasteiger partial charge in [0.15, 0.2) is 5.69 Å². The molecule has 0 spiro atoms. The van der Waals surface area contributed by atoms with Gasteiger partial charge in [-0.25, -0.2) is 4.57 Å². The second-order valence-electron chi connectivity index (χ2n) is 6.15. The summed E-state index contributed by atoms with van der Waals surface area (Å²) < 4.78 is 32.1. The quantitative estimate of drug-likeness (QED) is 0.146. The maximum absolute atomic E-state index is 13.0. The molecule has 0 fully saturated rings. The van der Waals surface area contributed by atoms with Gasteiger partial charge in [-0.1, -0.05) is 18.2 Å². The number of azo groups is 1. The molecule has 12 heteroatoms. The molecule has 0 aliphatic rings. The number of para-hydroxylation sites is 1. The van der Waals surface area contributed by atoms with Crippen molar-refractivity contribution in [2.75, 3.05) is 0 Å². The molecular formula is C19H15KN4O6S. The van der Waals surface area contributed by atoms with Crippen LogP contribution in [0.4, 0.5) is 11.4 Å². The van der Waals surface area contributed by atoms with Gasteiger partial charge in [-0.2, -0.15) is 13.5 Å². The van der Waals surface area contributed by atoms with E-state index in [1.807, 2.05) is 0 Å². The molecule has 0 atom stereocenters. The monoisotopic (exact) mass is 466 g/mol. The van der Waals surface area contributed by atoms with Crippen molar-refractivity contribution in [2.45, 2.75) is 11.8 Å². The molecule has 0 saturated heterocycles. The number of pyridine rings is 1. The molecule has 0 unspecified atom stereocenters. The molecule has 2 aromatic carbocycles. The van der Waals surface area contributed by atoms with E-state index in [0.29, 0.717) is 0 Å². The summed E-state index contributed by atoms with van der Waals surface area (Å²) in [6, 6.07) is 12.7. The van der Waals surface area contributed by atoms with Gasteiger partial charge in [0.2, 0.25) is 5.88 Å². The van der Waals surface area contributed by atoms with E-state index in [4.69, 9.17) is 9.96 Å². The van der Waals surface area contributed by atoms with E-state index in [0.717, 1.165) is 16.7 Å². The van der Waals surface area contributed by atoms with Crippen LogP contribution >= 0.6 is 0 Å². The minimum atomic E-state index is -4.37. The summed E-state index contributed by atoms with van der Waals surface area (Å²) in [4.78, 5) is 12.6. The van der Waals surface area contributed by atoms with Crippen LogP contribution in [-0.2, 0) is 10.1 Å². The SMILES string of the molecule is Cc1c(C(=N)[O-])c(O)n(-c2ccccc2)c(=O)c1N=Nc1ccc(S(=O)(=O)O)cc1.[K+]. The van der Waals surface area contributed by atoms with Gasteiger partial charge in [-0.3, -0.25) is 9.35 Å². The van der Waals surface area contributed by atoms with Crippen LogP contribution in [0, 0.1) is 12.3 Å². The van der Waals surface area contributed by atoms with Crippen LogP contribution in [0.15, 0.2) is 74.5 Å². The van der Waals surface area contributed by atoms with E-state index < -0.39 is 33.0 Å². The fourth-order valence-electron chi connectivity index (χ4n) is 2.76. The Morgan fingerprint density at radius 1 is 1.06 bits per heavy atom. The third-order valence-corrected chi connectivity index (χ3v) is 5.08. The second-order valence-corrected chi connectivity index (χ2v) is 7.57. The van der Waals surface area contributed by atoms with Gasteiger partial charge in [0.1, 0.15) is 0 Å². The molecular weight excluding hydrogens is 451 g/mol. The molecule has 1 aromatic heterocycles. The summed E-state index contributed by atoms with van der Waals surface area (Å²) in [7, 11) is -4.37. The maximum Gasteiger partial charge on any atom is 1.00 e. The van der Waals surface area contributed by atoms with Crippen molar-refractivity contribution in [3.05, 3.63) is 76.1 Å². The van der Waals surface area contributed by atoms with E-state index in [2.05, 4.69) is 10.2 Å². The molecule has 154 valence electrons. The van der Waals surface area contributed by atoms with Gasteiger partial charge in [-0.15, -0.1) is 5.11 Å². The molecule has 31 heavy (non-hydrogen) atoms. The van der Waals surface area contributed by atoms with Crippen molar-refractivity contribution in [1.29, 1.82) is 5.41 Å². The van der Waals surface area contributed by atoms with E-state index in [-0.39, 0.29) is 78.9 Å². The molecule has 0 saturated carbocycles. The van der Waals surface area contributed by atoms with Crippen molar-refractivity contribution >= 4 is 27.4 Å². The smallest absolute Gasteiger partial charge is 0.859 e. The van der Waals surface area contributed by atoms with Crippen LogP contribution in [0.3, 0.4) is 0 Å². The molecule has 0 bridgehead atoms. The predicted molar refractivity (Wildman–Crippen MR) is 106 cm³/mol. The van der Waals surface area contributed by atoms with Crippen LogP contribution in [0.25, 0.3) is 5.69 Å². The number of rotatable bonds is 5. The first-order chi connectivity index (χ1) is 14.1. The second kappa shape index (κ2) is 9.95. The standard InChI is InChI=1S/C19H16N4O6S.K/c1-11-15(17(20)24)18(25)23(13-5-3-2-4-6-13)19(26)16(11)22-21-12-7-9-14(10-8-12)30(27,28)29;/h2-10,25H,1H3,(H2,20,24)(H,27,28,29);/q;+1/p-1. The van der Waals surface area contributed by atoms with Crippen LogP contribution < -0.4 is 62.1 Å². The fraction of sp³-hybridized carbons (Fsp3) is 0.0526. The van der Waals surface area contributed by atoms with E-state index in [1.54, 1.807) is 18.2 Å². The summed E-state index contributed by atoms with van der Waals surface area (Å²) >= 11 is 0. The molecule has 0 amide bonds. The average molecular weight is 467 g/mol. The summed E-state index contributed by atoms with van der Waals surface area (Å²) in [5.74, 6) is -1.89. The number of aromatic hydroxyl groups is 1. The normalized spacial score (nSPS) is 11.3. The summed E-state index contributed by atoms with van der Waals surface area (Å²) in [5, 5.41) is 37.4. The van der Waals surface area contributed by atoms with Gasteiger partial charge in [0, 0.05) is 0 Å². The number of hydrogen-bond donors (Lipinski definition) is 3. The minimum absolute atomic E-state index is 0. The summed E-state index contributed by atoms with van der Waals surface area (Å²) in [6.07, 6.45) is 0. The Morgan fingerprint density at radius 2 is 1.65 bits per heavy atom. The van der Waals surface area contributed by atoms with Crippen LogP contribution in [0.2, 0.25) is 0 Å². The number of nitrogens with zero attached hydrogens (tertiary/aromatic N) is 3. The third kappa shape index (κ3) is 5.35. The molecule has 0 aliphatic heterocycles. The van der Waals surface area contributed by atoms with Crippen molar-refractivity contribution in [3.8, 4) is 11.6 Å². The first-order valence-corrected chi connectivity index (χ1v) is 9.84. The Labute approximate surface area is 219 Å². The first kappa shape index (κ1) is 25.1. The van der Waals surface area contributed by atoms with Crippen molar-refractivity contribution < 1.29 is 74.6 Å². The molecule has 3 N–H and O–H groups in total. The van der Waals surface area contributed by atoms with E-state index in [9.17, 15) is 23.4 Å². The molecule has 0 aliphatic carbocycles. The summed E-state index contributed by atoms with van der Waals surface area (Å²) in [5.41, 5.74) is -1.03. The van der Waals surface area contributed by atoms with Crippen molar-refractivity contribution in [1.82, 2.24) is 4.57 Å². The van der Waals surface area contributed by atoms with Gasteiger partial charge in [0.25, 0.3) is 15.7 Å². The number of aromatic nitrogens is 1. The Kier molecular flexibility index (Phi) is 8.05. The largest absolute Gasteiger partial charge is 1.00 e. The Balaban J connectivity index is 0.00000341. The van der Waals surface area contributed by atoms with Crippen LogP contribution in [0.5, 0.6) is 5.88 Å². The Bertz CT molecular complexity index is 1320. The maximum atomic E-state index is 13.0. The molecule has 0 radical (unpaired) electrons. The average Bonchev–Trinajstić information content (AvgIpc) is 2.68. The topological polar surface area (TPSA) is 168 Å². The van der Waals surface area contributed by atoms with Gasteiger partial charge in [-0.05, 0) is 54.8 Å². The molecule has 1 heterocycles. The van der Waals surface area contributed by atoms with Gasteiger partial charge in [0.05, 0.1) is 21.8 Å². The van der Waals surface area contributed by atoms with E-state index in [1.165, 1.54) is 31.2 Å². The van der Waals surface area contributed by atoms with Crippen LogP contribution in [-0.4, -0.2) is 28.5 Å². The predicted octanol–water partition coefficient (Wildman–Crippen LogP) is -0.797. The minimum Gasteiger partial charge on any atom is -0.859 e. The number of hydrogen-bond acceptors (Lipinski definition) is 8. The van der Waals surface area contributed by atoms with E-state index >= 15 is 0 Å². The van der Waals surface area contributed by atoms with Crippen molar-refractivity contribution in [3.63, 3.8) is 0 Å². The van der Waals surface area contributed by atoms with Gasteiger partial charge < -0.3 is 15.6 Å². The molecule has 10 nitrogen and oxygen atoms in total. The fourth-order valence-corrected chi connectivity index (χ4v) is 3.24. The molecule has 3 rings (SSSR count). The Hall–Kier alpha value is -2.19. The summed E-state index contributed by atoms with van der Waals surface area (Å²) in [6.45, 7) is 1.36. The third-order valence-electron chi connectivity index (χ3n) is 4.21. The zero-order valence-corrected chi connectivity index (χ0v) is 20.4. The zero-order chi connectivity index (χ0) is 22.1. The first-order valence-electron chi connectivity index (χ1n) is 8.40. The van der Waals surface area contributed by atoms with Crippen molar-refractivity contribution in [2.24, 2.45) is 10.2 Å². The molecule has 3 aromatic rings. The Morgan fingerprint density at radius 3 is 2.16 bits per heavy atom. The number of benzene rings is 2. The number of nitrogens with one attached hydrogen (secondary N) is 1.